The number of benzene rings is 4. The Balaban J connectivity index is 1.41. The van der Waals surface area contributed by atoms with Crippen LogP contribution < -0.4 is 18.5 Å². The van der Waals surface area contributed by atoms with Crippen molar-refractivity contribution >= 4 is 27.3 Å². The van der Waals surface area contributed by atoms with Gasteiger partial charge in [-0.1, -0.05) is 72.3 Å². The van der Waals surface area contributed by atoms with Crippen LogP contribution in [-0.4, -0.2) is 31.6 Å². The van der Waals surface area contributed by atoms with E-state index in [1.165, 1.54) is 23.5 Å². The van der Waals surface area contributed by atoms with Crippen molar-refractivity contribution in [3.63, 3.8) is 0 Å². The highest BCUT2D eigenvalue weighted by Crippen LogP contribution is 2.61. The standard InChI is InChI=1S/C36H28N2O8S/c1-21-15-17-24(18-16-21)47(41,42)38-26-12-6-7-13-27(26)45-36(38)25-19-23-11-8-14-28(43-2)29(23)32(39)30(25)33(40)31-34(36)46-37-35(31)44-20-22-9-4-3-5-10-22/h3-18,25,40H,19-20H2,1-2H3/t25-,36-/m1/s1. The minimum absolute atomic E-state index is 0.00826. The third-order valence-corrected chi connectivity index (χ3v) is 10.8. The Morgan fingerprint density at radius 3 is 2.47 bits per heavy atom. The van der Waals surface area contributed by atoms with Gasteiger partial charge in [0.2, 0.25) is 5.76 Å². The normalized spacial score (nSPS) is 19.5. The van der Waals surface area contributed by atoms with Gasteiger partial charge >= 0.3 is 0 Å². The van der Waals surface area contributed by atoms with Gasteiger partial charge in [-0.3, -0.25) is 4.79 Å². The fourth-order valence-electron chi connectivity index (χ4n) is 6.82. The number of rotatable bonds is 6. The number of carbonyl (C=O) groups is 1. The molecule has 2 heterocycles. The molecule has 1 N–H and O–H groups in total. The van der Waals surface area contributed by atoms with Crippen LogP contribution in [0.15, 0.2) is 112 Å². The Kier molecular flexibility index (Phi) is 6.45. The number of aliphatic hydroxyl groups excluding tert-OH is 1. The number of Topliss-reactive ketones (excluding diaryl/α,β-unsaturated/α-hetero) is 1. The number of anilines is 1. The lowest BCUT2D eigenvalue weighted by molar-refractivity contribution is 0.0152. The summed E-state index contributed by atoms with van der Waals surface area (Å²) in [5.74, 6) is -1.65. The van der Waals surface area contributed by atoms with Gasteiger partial charge in [0.15, 0.2) is 5.78 Å². The van der Waals surface area contributed by atoms with Crippen molar-refractivity contribution in [2.24, 2.45) is 5.92 Å². The number of carbonyl (C=O) groups excluding carboxylic acids is 1. The molecule has 2 atom stereocenters. The number of aryl methyl sites for hydroxylation is 1. The second kappa shape index (κ2) is 10.5. The van der Waals surface area contributed by atoms with E-state index in [0.717, 1.165) is 11.1 Å². The van der Waals surface area contributed by atoms with Gasteiger partial charge in [-0.15, -0.1) is 0 Å². The number of fused-ring (bicyclic) bond motifs is 6. The minimum atomic E-state index is -4.40. The molecule has 0 bridgehead atoms. The molecule has 0 unspecified atom stereocenters. The molecular formula is C36H28N2O8S. The zero-order valence-corrected chi connectivity index (χ0v) is 26.2. The van der Waals surface area contributed by atoms with Crippen LogP contribution in [0.4, 0.5) is 5.69 Å². The number of para-hydroxylation sites is 2. The first-order valence-electron chi connectivity index (χ1n) is 15.0. The fourth-order valence-corrected chi connectivity index (χ4v) is 8.52. The zero-order valence-electron chi connectivity index (χ0n) is 25.3. The molecule has 236 valence electrons. The number of hydrogen-bond donors (Lipinski definition) is 1. The Morgan fingerprint density at radius 2 is 1.70 bits per heavy atom. The highest BCUT2D eigenvalue weighted by atomic mass is 32.2. The predicted molar refractivity (Wildman–Crippen MR) is 171 cm³/mol. The topological polar surface area (TPSA) is 128 Å². The monoisotopic (exact) mass is 648 g/mol. The third kappa shape index (κ3) is 4.12. The van der Waals surface area contributed by atoms with Crippen molar-refractivity contribution in [3.8, 4) is 17.4 Å². The lowest BCUT2D eigenvalue weighted by atomic mass is 9.68. The second-order valence-corrected chi connectivity index (χ2v) is 13.4. The van der Waals surface area contributed by atoms with Crippen molar-refractivity contribution in [2.45, 2.75) is 30.6 Å². The molecule has 47 heavy (non-hydrogen) atoms. The minimum Gasteiger partial charge on any atom is -0.507 e. The van der Waals surface area contributed by atoms with E-state index in [0.29, 0.717) is 11.3 Å². The summed E-state index contributed by atoms with van der Waals surface area (Å²) in [5, 5.41) is 16.2. The van der Waals surface area contributed by atoms with Gasteiger partial charge in [0.25, 0.3) is 21.6 Å². The molecule has 3 aliphatic rings. The zero-order chi connectivity index (χ0) is 32.5. The van der Waals surface area contributed by atoms with Crippen LogP contribution in [0.3, 0.4) is 0 Å². The van der Waals surface area contributed by atoms with E-state index < -0.39 is 33.2 Å². The van der Waals surface area contributed by atoms with E-state index >= 15 is 0 Å². The van der Waals surface area contributed by atoms with Crippen LogP contribution in [0.1, 0.15) is 38.4 Å². The fraction of sp³-hybridized carbons (Fsp3) is 0.167. The van der Waals surface area contributed by atoms with Crippen molar-refractivity contribution in [3.05, 3.63) is 136 Å². The molecule has 1 spiro atoms. The highest BCUT2D eigenvalue weighted by Gasteiger charge is 2.67. The molecular weight excluding hydrogens is 620 g/mol. The highest BCUT2D eigenvalue weighted by molar-refractivity contribution is 7.93. The first-order valence-corrected chi connectivity index (χ1v) is 16.4. The summed E-state index contributed by atoms with van der Waals surface area (Å²) < 4.78 is 55.2. The third-order valence-electron chi connectivity index (χ3n) is 8.96. The number of aromatic nitrogens is 1. The number of nitrogens with zero attached hydrogens (tertiary/aromatic N) is 2. The molecule has 2 aliphatic carbocycles. The number of sulfonamides is 1. The first kappa shape index (κ1) is 28.9. The maximum atomic E-state index is 14.9. The predicted octanol–water partition coefficient (Wildman–Crippen LogP) is 6.35. The van der Waals surface area contributed by atoms with E-state index in [1.807, 2.05) is 37.3 Å². The smallest absolute Gasteiger partial charge is 0.268 e. The van der Waals surface area contributed by atoms with Crippen LogP contribution in [0.2, 0.25) is 0 Å². The lowest BCUT2D eigenvalue weighted by Gasteiger charge is -2.45. The van der Waals surface area contributed by atoms with Gasteiger partial charge in [0.1, 0.15) is 29.4 Å². The molecule has 8 rings (SSSR count). The molecule has 5 aromatic rings. The summed E-state index contributed by atoms with van der Waals surface area (Å²) in [6.07, 6.45) is 0.103. The molecule has 4 aromatic carbocycles. The Hall–Kier alpha value is -5.55. The van der Waals surface area contributed by atoms with E-state index in [9.17, 15) is 18.3 Å². The van der Waals surface area contributed by atoms with Crippen LogP contribution in [0, 0.1) is 12.8 Å². The second-order valence-electron chi connectivity index (χ2n) is 11.7. The molecule has 0 fully saturated rings. The number of ether oxygens (including phenoxy) is 3. The van der Waals surface area contributed by atoms with E-state index in [2.05, 4.69) is 5.16 Å². The molecule has 1 aromatic heterocycles. The van der Waals surface area contributed by atoms with Gasteiger partial charge in [-0.05, 0) is 60.0 Å². The van der Waals surface area contributed by atoms with Gasteiger partial charge in [0.05, 0.1) is 34.7 Å². The van der Waals surface area contributed by atoms with Crippen molar-refractivity contribution in [1.82, 2.24) is 5.16 Å². The summed E-state index contributed by atoms with van der Waals surface area (Å²) in [4.78, 5) is 14.5. The average Bonchev–Trinajstić information content (AvgIpc) is 3.67. The Labute approximate surface area is 270 Å². The molecule has 0 radical (unpaired) electrons. The van der Waals surface area contributed by atoms with Crippen LogP contribution in [-0.2, 0) is 28.8 Å². The average molecular weight is 649 g/mol. The van der Waals surface area contributed by atoms with Crippen LogP contribution in [0.25, 0.3) is 5.76 Å². The molecule has 0 saturated carbocycles. The SMILES string of the molecule is COc1cccc2c1C(=O)C1=C(O)c3c(OCc4ccccc4)noc3[C@]3(Oc4ccccc4N3S(=O)(=O)c3ccc(C)cc3)[C@@H]1C2. The summed E-state index contributed by atoms with van der Waals surface area (Å²) in [6, 6.07) is 27.7. The Bertz CT molecular complexity index is 2210. The summed E-state index contributed by atoms with van der Waals surface area (Å²) in [6.45, 7) is 1.93. The van der Waals surface area contributed by atoms with E-state index in [4.69, 9.17) is 18.7 Å². The summed E-state index contributed by atoms with van der Waals surface area (Å²) in [7, 11) is -2.94. The van der Waals surface area contributed by atoms with Crippen molar-refractivity contribution < 1.29 is 37.1 Å². The maximum Gasteiger partial charge on any atom is 0.268 e. The molecule has 1 aliphatic heterocycles. The Morgan fingerprint density at radius 1 is 0.957 bits per heavy atom. The van der Waals surface area contributed by atoms with Crippen molar-refractivity contribution in [1.29, 1.82) is 0 Å². The number of hydrogen-bond acceptors (Lipinski definition) is 9. The van der Waals surface area contributed by atoms with Gasteiger partial charge in [0, 0.05) is 0 Å². The maximum absolute atomic E-state index is 14.9. The molecule has 11 heteroatoms. The van der Waals surface area contributed by atoms with Gasteiger partial charge < -0.3 is 23.8 Å². The lowest BCUT2D eigenvalue weighted by Crippen LogP contribution is -2.58. The van der Waals surface area contributed by atoms with E-state index in [-0.39, 0.29) is 57.7 Å². The molecule has 0 saturated heterocycles. The summed E-state index contributed by atoms with van der Waals surface area (Å²) in [5.41, 5.74) is 0.694. The first-order chi connectivity index (χ1) is 22.8. The molecule has 10 nitrogen and oxygen atoms in total. The van der Waals surface area contributed by atoms with Crippen LogP contribution >= 0.6 is 0 Å². The summed E-state index contributed by atoms with van der Waals surface area (Å²) >= 11 is 0. The number of ketones is 1. The quantitative estimate of drug-likeness (QED) is 0.224. The van der Waals surface area contributed by atoms with Gasteiger partial charge in [-0.2, -0.15) is 0 Å². The van der Waals surface area contributed by atoms with Gasteiger partial charge in [-0.25, -0.2) is 12.7 Å². The largest absolute Gasteiger partial charge is 0.507 e. The number of methoxy groups -OCH3 is 1. The van der Waals surface area contributed by atoms with E-state index in [1.54, 1.807) is 54.6 Å². The number of aliphatic hydroxyl groups is 1. The van der Waals surface area contributed by atoms with Crippen molar-refractivity contribution in [2.75, 3.05) is 11.4 Å². The van der Waals surface area contributed by atoms with Crippen LogP contribution in [0.5, 0.6) is 17.4 Å². The molecule has 0 amide bonds.